The zero-order chi connectivity index (χ0) is 27.9. The highest BCUT2D eigenvalue weighted by atomic mass is 16.6. The topological polar surface area (TPSA) is 120 Å². The monoisotopic (exact) mass is 541 g/mol. The van der Waals surface area contributed by atoms with Crippen LogP contribution in [0, 0.1) is 0 Å². The van der Waals surface area contributed by atoms with Gasteiger partial charge in [-0.1, -0.05) is 12.1 Å². The van der Waals surface area contributed by atoms with Gasteiger partial charge in [-0.15, -0.1) is 0 Å². The third-order valence-corrected chi connectivity index (χ3v) is 7.53. The Morgan fingerprint density at radius 1 is 1.05 bits per heavy atom. The van der Waals surface area contributed by atoms with Crippen LogP contribution in [-0.4, -0.2) is 57.5 Å². The quantitative estimate of drug-likeness (QED) is 0.370. The number of morpholine rings is 1. The molecule has 1 saturated heterocycles. The van der Waals surface area contributed by atoms with E-state index in [-0.39, 0.29) is 0 Å². The number of rotatable bonds is 5. The number of pyridine rings is 2. The predicted octanol–water partition coefficient (Wildman–Crippen LogP) is 4.81. The molecule has 1 aliphatic heterocycles. The van der Waals surface area contributed by atoms with Crippen LogP contribution in [0.4, 0.5) is 16.4 Å². The fourth-order valence-corrected chi connectivity index (χ4v) is 5.39. The molecule has 4 aromatic rings. The number of fused-ring (bicyclic) bond motifs is 1. The van der Waals surface area contributed by atoms with E-state index in [1.165, 1.54) is 0 Å². The van der Waals surface area contributed by atoms with Crippen molar-refractivity contribution >= 4 is 28.9 Å². The molecule has 6 rings (SSSR count). The number of carbonyl (C=O) groups excluding carboxylic acids is 1. The molecule has 0 atom stereocenters. The van der Waals surface area contributed by atoms with E-state index in [9.17, 15) is 4.79 Å². The average molecular weight is 542 g/mol. The van der Waals surface area contributed by atoms with E-state index < -0.39 is 17.2 Å². The van der Waals surface area contributed by atoms with Crippen molar-refractivity contribution in [3.8, 4) is 17.1 Å². The number of nitrogen functional groups attached to an aromatic ring is 1. The van der Waals surface area contributed by atoms with Gasteiger partial charge in [0.2, 0.25) is 0 Å². The standard InChI is InChI=1S/C30H35N7O3/c1-29(2,3)40-28(38)35-30(13-5-14-30)20-7-9-21(10-8-20)37-26(22-6-4-15-32-25(22)31)33-23-11-12-24(34-27(23)37)36-16-18-39-19-17-36/h4,6-12,15H,5,13-14,16-19H2,1-3H3,(H2,31,32)(H,35,38). The first-order valence-electron chi connectivity index (χ1n) is 13.8. The number of ether oxygens (including phenoxy) is 2. The number of nitrogens with two attached hydrogens (primary N) is 1. The summed E-state index contributed by atoms with van der Waals surface area (Å²) >= 11 is 0. The summed E-state index contributed by atoms with van der Waals surface area (Å²) in [6, 6.07) is 16.0. The maximum atomic E-state index is 12.7. The van der Waals surface area contributed by atoms with E-state index in [1.807, 2.05) is 61.7 Å². The molecule has 2 aliphatic rings. The number of hydrogen-bond acceptors (Lipinski definition) is 8. The fraction of sp³-hybridized carbons (Fsp3) is 0.400. The van der Waals surface area contributed by atoms with Crippen LogP contribution in [0.2, 0.25) is 0 Å². The van der Waals surface area contributed by atoms with Crippen molar-refractivity contribution in [1.29, 1.82) is 0 Å². The van der Waals surface area contributed by atoms with Crippen molar-refractivity contribution in [3.05, 3.63) is 60.3 Å². The van der Waals surface area contributed by atoms with Crippen LogP contribution in [0.5, 0.6) is 0 Å². The molecule has 4 heterocycles. The Kier molecular flexibility index (Phi) is 6.58. The highest BCUT2D eigenvalue weighted by molar-refractivity contribution is 5.84. The highest BCUT2D eigenvalue weighted by Gasteiger charge is 2.41. The summed E-state index contributed by atoms with van der Waals surface area (Å²) in [5.74, 6) is 1.96. The summed E-state index contributed by atoms with van der Waals surface area (Å²) in [4.78, 5) is 29.2. The first-order chi connectivity index (χ1) is 19.2. The van der Waals surface area contributed by atoms with Gasteiger partial charge in [-0.05, 0) is 82.0 Å². The lowest BCUT2D eigenvalue weighted by molar-refractivity contribution is 0.0377. The normalized spacial score (nSPS) is 16.9. The molecule has 2 fully saturated rings. The molecule has 1 saturated carbocycles. The third kappa shape index (κ3) is 4.95. The minimum absolute atomic E-state index is 0.397. The lowest BCUT2D eigenvalue weighted by atomic mass is 9.72. The Bertz CT molecular complexity index is 1530. The Labute approximate surface area is 233 Å². The molecule has 1 aromatic carbocycles. The van der Waals surface area contributed by atoms with Gasteiger partial charge in [0.15, 0.2) is 11.5 Å². The number of amides is 1. The van der Waals surface area contributed by atoms with Crippen LogP contribution in [0.3, 0.4) is 0 Å². The van der Waals surface area contributed by atoms with Crippen LogP contribution in [-0.2, 0) is 15.0 Å². The van der Waals surface area contributed by atoms with Gasteiger partial charge >= 0.3 is 6.09 Å². The van der Waals surface area contributed by atoms with Gasteiger partial charge in [-0.3, -0.25) is 4.57 Å². The van der Waals surface area contributed by atoms with Crippen molar-refractivity contribution in [1.82, 2.24) is 24.8 Å². The molecule has 3 N–H and O–H groups in total. The van der Waals surface area contributed by atoms with Crippen LogP contribution < -0.4 is 16.0 Å². The van der Waals surface area contributed by atoms with E-state index in [1.54, 1.807) is 6.20 Å². The highest BCUT2D eigenvalue weighted by Crippen LogP contribution is 2.42. The summed E-state index contributed by atoms with van der Waals surface area (Å²) in [5.41, 5.74) is 9.49. The van der Waals surface area contributed by atoms with Crippen molar-refractivity contribution in [2.24, 2.45) is 0 Å². The number of imidazole rings is 1. The van der Waals surface area contributed by atoms with E-state index >= 15 is 0 Å². The number of nitrogens with zero attached hydrogens (tertiary/aromatic N) is 5. The lowest BCUT2D eigenvalue weighted by Gasteiger charge is -2.43. The molecule has 1 amide bonds. The second kappa shape index (κ2) is 10.1. The lowest BCUT2D eigenvalue weighted by Crippen LogP contribution is -2.52. The molecule has 40 heavy (non-hydrogen) atoms. The summed E-state index contributed by atoms with van der Waals surface area (Å²) in [6.07, 6.45) is 4.04. The third-order valence-electron chi connectivity index (χ3n) is 7.53. The van der Waals surface area contributed by atoms with Gasteiger partial charge in [0.05, 0.1) is 24.3 Å². The molecule has 1 aliphatic carbocycles. The van der Waals surface area contributed by atoms with E-state index in [2.05, 4.69) is 27.3 Å². The SMILES string of the molecule is CC(C)(C)OC(=O)NC1(c2ccc(-n3c(-c4cccnc4N)nc4ccc(N5CCOCC5)nc43)cc2)CCC1. The van der Waals surface area contributed by atoms with Crippen LogP contribution >= 0.6 is 0 Å². The summed E-state index contributed by atoms with van der Waals surface area (Å²) in [7, 11) is 0. The largest absolute Gasteiger partial charge is 0.444 e. The first-order valence-corrected chi connectivity index (χ1v) is 13.8. The fourth-order valence-electron chi connectivity index (χ4n) is 5.39. The zero-order valence-electron chi connectivity index (χ0n) is 23.2. The summed E-state index contributed by atoms with van der Waals surface area (Å²) in [6.45, 7) is 8.54. The van der Waals surface area contributed by atoms with Crippen molar-refractivity contribution < 1.29 is 14.3 Å². The maximum Gasteiger partial charge on any atom is 0.408 e. The first kappa shape index (κ1) is 26.1. The number of carbonyl (C=O) groups is 1. The predicted molar refractivity (Wildman–Crippen MR) is 154 cm³/mol. The van der Waals surface area contributed by atoms with E-state index in [0.29, 0.717) is 24.9 Å². The molecular formula is C30H35N7O3. The summed E-state index contributed by atoms with van der Waals surface area (Å²) < 4.78 is 13.1. The molecule has 0 radical (unpaired) electrons. The number of benzene rings is 1. The molecule has 0 unspecified atom stereocenters. The van der Waals surface area contributed by atoms with Crippen LogP contribution in [0.15, 0.2) is 54.7 Å². The van der Waals surface area contributed by atoms with Gasteiger partial charge in [0, 0.05) is 25.0 Å². The molecule has 10 heteroatoms. The zero-order valence-corrected chi connectivity index (χ0v) is 23.2. The number of nitrogens with one attached hydrogen (secondary N) is 1. The number of anilines is 2. The minimum Gasteiger partial charge on any atom is -0.444 e. The smallest absolute Gasteiger partial charge is 0.408 e. The minimum atomic E-state index is -0.557. The Hall–Kier alpha value is -4.18. The number of aromatic nitrogens is 4. The Morgan fingerprint density at radius 3 is 2.45 bits per heavy atom. The molecule has 3 aromatic heterocycles. The molecule has 0 bridgehead atoms. The van der Waals surface area contributed by atoms with Gasteiger partial charge < -0.3 is 25.4 Å². The molecular weight excluding hydrogens is 506 g/mol. The van der Waals surface area contributed by atoms with Gasteiger partial charge in [-0.25, -0.2) is 19.7 Å². The Morgan fingerprint density at radius 2 is 1.80 bits per heavy atom. The van der Waals surface area contributed by atoms with Crippen LogP contribution in [0.1, 0.15) is 45.6 Å². The van der Waals surface area contributed by atoms with Crippen molar-refractivity contribution in [2.45, 2.75) is 51.2 Å². The second-order valence-electron chi connectivity index (χ2n) is 11.4. The van der Waals surface area contributed by atoms with Gasteiger partial charge in [0.25, 0.3) is 0 Å². The molecule has 10 nitrogen and oxygen atoms in total. The van der Waals surface area contributed by atoms with E-state index in [4.69, 9.17) is 25.2 Å². The maximum absolute atomic E-state index is 12.7. The van der Waals surface area contributed by atoms with Crippen molar-refractivity contribution in [2.75, 3.05) is 36.9 Å². The molecule has 0 spiro atoms. The van der Waals surface area contributed by atoms with E-state index in [0.717, 1.165) is 66.1 Å². The van der Waals surface area contributed by atoms with Gasteiger partial charge in [0.1, 0.15) is 22.8 Å². The van der Waals surface area contributed by atoms with Crippen molar-refractivity contribution in [3.63, 3.8) is 0 Å². The Balaban J connectivity index is 1.41. The average Bonchev–Trinajstić information content (AvgIpc) is 3.29. The number of alkyl carbamates (subject to hydrolysis) is 1. The second-order valence-corrected chi connectivity index (χ2v) is 11.4. The summed E-state index contributed by atoms with van der Waals surface area (Å²) in [5, 5.41) is 3.14. The van der Waals surface area contributed by atoms with Crippen LogP contribution in [0.25, 0.3) is 28.2 Å². The number of hydrogen-bond donors (Lipinski definition) is 2. The van der Waals surface area contributed by atoms with Gasteiger partial charge in [-0.2, -0.15) is 0 Å². The molecule has 208 valence electrons.